The predicted molar refractivity (Wildman–Crippen MR) is 152 cm³/mol. The lowest BCUT2D eigenvalue weighted by molar-refractivity contribution is 0.0529. The van der Waals surface area contributed by atoms with Crippen LogP contribution in [0.5, 0.6) is 5.75 Å². The van der Waals surface area contributed by atoms with Gasteiger partial charge in [-0.25, -0.2) is 8.60 Å². The Morgan fingerprint density at radius 3 is 2.54 bits per heavy atom. The van der Waals surface area contributed by atoms with E-state index >= 15 is 0 Å². The molecule has 39 heavy (non-hydrogen) atoms. The maximum atomic E-state index is 13.6. The van der Waals surface area contributed by atoms with E-state index in [9.17, 15) is 13.4 Å². The Balaban J connectivity index is 1.39. The van der Waals surface area contributed by atoms with E-state index in [-0.39, 0.29) is 24.4 Å². The van der Waals surface area contributed by atoms with Gasteiger partial charge in [0.2, 0.25) is 6.86 Å². The highest BCUT2D eigenvalue weighted by atomic mass is 32.2. The quantitative estimate of drug-likeness (QED) is 0.405. The lowest BCUT2D eigenvalue weighted by atomic mass is 9.93. The van der Waals surface area contributed by atoms with E-state index in [1.54, 1.807) is 24.3 Å². The van der Waals surface area contributed by atoms with Crippen molar-refractivity contribution in [3.8, 4) is 5.75 Å². The first-order valence-corrected chi connectivity index (χ1v) is 14.9. The van der Waals surface area contributed by atoms with Crippen LogP contribution in [0.4, 0.5) is 27.1 Å². The van der Waals surface area contributed by atoms with Gasteiger partial charge >= 0.3 is 0 Å². The molecule has 1 spiro atoms. The largest absolute Gasteiger partial charge is 0.461 e. The van der Waals surface area contributed by atoms with Crippen molar-refractivity contribution in [3.63, 3.8) is 0 Å². The van der Waals surface area contributed by atoms with Crippen LogP contribution in [0.25, 0.3) is 0 Å². The minimum atomic E-state index is -1.42. The van der Waals surface area contributed by atoms with Crippen LogP contribution in [0.1, 0.15) is 43.0 Å². The highest BCUT2D eigenvalue weighted by molar-refractivity contribution is 7.86. The van der Waals surface area contributed by atoms with E-state index < -0.39 is 17.8 Å². The van der Waals surface area contributed by atoms with Crippen molar-refractivity contribution in [1.82, 2.24) is 0 Å². The molecule has 1 saturated carbocycles. The van der Waals surface area contributed by atoms with Crippen molar-refractivity contribution >= 4 is 39.6 Å². The lowest BCUT2D eigenvalue weighted by Crippen LogP contribution is -2.41. The summed E-state index contributed by atoms with van der Waals surface area (Å²) in [5.41, 5.74) is 3.70. The van der Waals surface area contributed by atoms with Crippen molar-refractivity contribution in [3.05, 3.63) is 42.0 Å². The first kappa shape index (κ1) is 27.7. The normalized spacial score (nSPS) is 20.9. The highest BCUT2D eigenvalue weighted by Gasteiger charge is 2.44. The zero-order valence-electron chi connectivity index (χ0n) is 22.3. The molecular formula is C28H37FN4O5S. The van der Waals surface area contributed by atoms with Crippen LogP contribution in [0.15, 0.2) is 36.4 Å². The topological polar surface area (TPSA) is 103 Å². The average Bonchev–Trinajstić information content (AvgIpc) is 3.68. The maximum absolute atomic E-state index is 13.6. The second kappa shape index (κ2) is 12.1. The number of alkyl halides is 1. The van der Waals surface area contributed by atoms with Gasteiger partial charge in [0.05, 0.1) is 42.0 Å². The van der Waals surface area contributed by atoms with Crippen LogP contribution in [-0.2, 0) is 15.7 Å². The Labute approximate surface area is 231 Å². The molecule has 2 aliphatic heterocycles. The third-order valence-electron chi connectivity index (χ3n) is 7.88. The van der Waals surface area contributed by atoms with Crippen LogP contribution in [0, 0.1) is 5.41 Å². The molecule has 2 atom stereocenters. The molecule has 5 rings (SSSR count). The summed E-state index contributed by atoms with van der Waals surface area (Å²) in [6.45, 7) is 4.40. The summed E-state index contributed by atoms with van der Waals surface area (Å²) in [5, 5.41) is 12.1. The second-order valence-electron chi connectivity index (χ2n) is 10.6. The number of hydrogen-bond donors (Lipinski definition) is 3. The summed E-state index contributed by atoms with van der Waals surface area (Å²) < 4.78 is 39.1. The summed E-state index contributed by atoms with van der Waals surface area (Å²) in [5.74, 6) is 0.273. The summed E-state index contributed by atoms with van der Waals surface area (Å²) in [4.78, 5) is 17.9. The number of nitrogens with one attached hydrogen (secondary N) is 2. The van der Waals surface area contributed by atoms with Crippen molar-refractivity contribution in [2.75, 3.05) is 71.8 Å². The van der Waals surface area contributed by atoms with Crippen molar-refractivity contribution < 1.29 is 28.0 Å². The van der Waals surface area contributed by atoms with Gasteiger partial charge in [0.25, 0.3) is 5.91 Å². The number of piperidine rings is 1. The van der Waals surface area contributed by atoms with E-state index in [0.717, 1.165) is 31.6 Å². The van der Waals surface area contributed by atoms with E-state index in [2.05, 4.69) is 19.8 Å². The van der Waals surface area contributed by atoms with Crippen molar-refractivity contribution in [1.29, 1.82) is 0 Å². The van der Waals surface area contributed by atoms with Crippen molar-refractivity contribution in [2.45, 2.75) is 38.7 Å². The Kier molecular flexibility index (Phi) is 8.58. The number of aliphatic hydroxyl groups is 1. The number of halogens is 1. The number of benzene rings is 2. The molecule has 2 aromatic carbocycles. The Bertz CT molecular complexity index is 1200. The van der Waals surface area contributed by atoms with E-state index in [1.165, 1.54) is 12.8 Å². The van der Waals surface area contributed by atoms with E-state index in [1.807, 2.05) is 19.1 Å². The van der Waals surface area contributed by atoms with Gasteiger partial charge in [-0.1, -0.05) is 0 Å². The molecule has 11 heteroatoms. The molecule has 9 nitrogen and oxygen atoms in total. The second-order valence-corrected chi connectivity index (χ2v) is 11.9. The van der Waals surface area contributed by atoms with Gasteiger partial charge < -0.3 is 34.4 Å². The summed E-state index contributed by atoms with van der Waals surface area (Å²) in [6, 6.07) is 10.5. The molecule has 0 aromatic heterocycles. The fraction of sp³-hybridized carbons (Fsp3) is 0.536. The molecule has 1 aliphatic carbocycles. The molecule has 0 bridgehead atoms. The van der Waals surface area contributed by atoms with Crippen LogP contribution in [0.2, 0.25) is 0 Å². The molecule has 1 unspecified atom stereocenters. The van der Waals surface area contributed by atoms with Crippen LogP contribution in [-0.4, -0.2) is 73.3 Å². The van der Waals surface area contributed by atoms with Gasteiger partial charge in [-0.15, -0.1) is 0 Å². The highest BCUT2D eigenvalue weighted by Crippen LogP contribution is 2.54. The smallest absolute Gasteiger partial charge is 0.257 e. The average molecular weight is 561 g/mol. The molecule has 3 N–H and O–H groups in total. The Hall–Kier alpha value is -2.89. The molecule has 2 saturated heterocycles. The SMILES string of the molecule is C[C@H]1CN(c2cc(NC(=O)c3ccc(NS(=O)CCO)cc3N3CCC4(CC3)CC4)ccc2OCF)CCO1. The number of rotatable bonds is 10. The van der Waals surface area contributed by atoms with Crippen molar-refractivity contribution in [2.24, 2.45) is 5.41 Å². The molecule has 3 fully saturated rings. The summed E-state index contributed by atoms with van der Waals surface area (Å²) in [7, 11) is -1.42. The fourth-order valence-corrected chi connectivity index (χ4v) is 6.13. The number of ether oxygens (including phenoxy) is 2. The minimum absolute atomic E-state index is 0.0240. The number of anilines is 4. The minimum Gasteiger partial charge on any atom is -0.461 e. The zero-order chi connectivity index (χ0) is 27.4. The van der Waals surface area contributed by atoms with Crippen LogP contribution in [0.3, 0.4) is 0 Å². The van der Waals surface area contributed by atoms with Gasteiger partial charge in [0.1, 0.15) is 16.7 Å². The fourth-order valence-electron chi connectivity index (χ4n) is 5.47. The molecule has 1 amide bonds. The first-order valence-electron chi connectivity index (χ1n) is 13.6. The van der Waals surface area contributed by atoms with Gasteiger partial charge in [0.15, 0.2) is 0 Å². The third-order valence-corrected chi connectivity index (χ3v) is 8.90. The standard InChI is InChI=1S/C28H37FN4O5S/c1-20-18-33(12-14-37-20)25-16-21(3-5-26(25)38-19-29)30-27(35)23-4-2-22(31-39(36)15-13-34)17-24(23)32-10-8-28(6-7-28)9-11-32/h2-5,16-17,20,31,34H,6-15,18-19H2,1H3,(H,30,35)/t20-,39?/m0/s1. The molecule has 212 valence electrons. The van der Waals surface area contributed by atoms with Gasteiger partial charge in [-0.2, -0.15) is 0 Å². The Morgan fingerprint density at radius 2 is 1.85 bits per heavy atom. The number of nitrogens with zero attached hydrogens (tertiary/aromatic N) is 2. The number of aliphatic hydroxyl groups excluding tert-OH is 1. The first-order chi connectivity index (χ1) is 18.9. The van der Waals surface area contributed by atoms with Gasteiger partial charge in [-0.3, -0.25) is 4.79 Å². The number of morpholine rings is 1. The number of hydrogen-bond acceptors (Lipinski definition) is 7. The van der Waals surface area contributed by atoms with Crippen LogP contribution >= 0.6 is 0 Å². The molecule has 2 heterocycles. The molecule has 0 radical (unpaired) electrons. The monoisotopic (exact) mass is 560 g/mol. The molecule has 2 aromatic rings. The molecule has 3 aliphatic rings. The predicted octanol–water partition coefficient (Wildman–Crippen LogP) is 3.92. The zero-order valence-corrected chi connectivity index (χ0v) is 23.1. The van der Waals surface area contributed by atoms with E-state index in [0.29, 0.717) is 53.5 Å². The number of carbonyl (C=O) groups excluding carboxylic acids is 1. The van der Waals surface area contributed by atoms with Gasteiger partial charge in [0, 0.05) is 37.6 Å². The van der Waals surface area contributed by atoms with E-state index in [4.69, 9.17) is 14.6 Å². The van der Waals surface area contributed by atoms with Crippen LogP contribution < -0.4 is 24.6 Å². The number of amides is 1. The summed E-state index contributed by atoms with van der Waals surface area (Å²) >= 11 is 0. The maximum Gasteiger partial charge on any atom is 0.257 e. The van der Waals surface area contributed by atoms with Gasteiger partial charge in [-0.05, 0) is 74.4 Å². The lowest BCUT2D eigenvalue weighted by Gasteiger charge is -2.35. The third kappa shape index (κ3) is 6.64. The number of carbonyl (C=O) groups is 1. The molecular weight excluding hydrogens is 523 g/mol. The summed E-state index contributed by atoms with van der Waals surface area (Å²) in [6.07, 6.45) is 4.78. The Morgan fingerprint density at radius 1 is 1.10 bits per heavy atom.